The van der Waals surface area contributed by atoms with Crippen LogP contribution in [-0.2, 0) is 0 Å². The fourth-order valence-corrected chi connectivity index (χ4v) is 2.76. The smallest absolute Gasteiger partial charge is 0.267 e. The van der Waals surface area contributed by atoms with Crippen molar-refractivity contribution in [2.45, 2.75) is 0 Å². The number of nitrogens with zero attached hydrogens (tertiary/aromatic N) is 1. The molecule has 0 aliphatic carbocycles. The SMILES string of the molecule is O=C(N/N=C/c1cccc(-c2ccccc2)c1)c1ccccc1Br. The van der Waals surface area contributed by atoms with Crippen LogP contribution in [0, 0.1) is 0 Å². The summed E-state index contributed by atoms with van der Waals surface area (Å²) >= 11 is 3.36. The highest BCUT2D eigenvalue weighted by Crippen LogP contribution is 2.19. The van der Waals surface area contributed by atoms with Crippen LogP contribution in [0.1, 0.15) is 15.9 Å². The van der Waals surface area contributed by atoms with Crippen molar-refractivity contribution in [1.82, 2.24) is 5.43 Å². The Morgan fingerprint density at radius 3 is 2.38 bits per heavy atom. The molecule has 0 aromatic heterocycles. The Kier molecular flexibility index (Phi) is 5.18. The topological polar surface area (TPSA) is 41.5 Å². The minimum absolute atomic E-state index is 0.252. The molecule has 0 bridgehead atoms. The molecule has 1 N–H and O–H groups in total. The molecule has 0 aliphatic heterocycles. The number of benzene rings is 3. The van der Waals surface area contributed by atoms with Gasteiger partial charge in [-0.15, -0.1) is 0 Å². The summed E-state index contributed by atoms with van der Waals surface area (Å²) in [6.45, 7) is 0. The number of carbonyl (C=O) groups is 1. The van der Waals surface area contributed by atoms with Crippen molar-refractivity contribution < 1.29 is 4.79 Å². The third kappa shape index (κ3) is 3.97. The van der Waals surface area contributed by atoms with Gasteiger partial charge in [0, 0.05) is 4.47 Å². The van der Waals surface area contributed by atoms with E-state index < -0.39 is 0 Å². The number of carbonyl (C=O) groups excluding carboxylic acids is 1. The third-order valence-electron chi connectivity index (χ3n) is 3.49. The van der Waals surface area contributed by atoms with Crippen LogP contribution in [0.2, 0.25) is 0 Å². The first-order chi connectivity index (χ1) is 11.7. The lowest BCUT2D eigenvalue weighted by atomic mass is 10.0. The molecule has 3 nitrogen and oxygen atoms in total. The molecule has 118 valence electrons. The van der Waals surface area contributed by atoms with Crippen LogP contribution in [0.5, 0.6) is 0 Å². The number of rotatable bonds is 4. The molecular formula is C20H15BrN2O. The fraction of sp³-hybridized carbons (Fsp3) is 0. The lowest BCUT2D eigenvalue weighted by molar-refractivity contribution is 0.0954. The van der Waals surface area contributed by atoms with E-state index >= 15 is 0 Å². The van der Waals surface area contributed by atoms with Crippen LogP contribution in [-0.4, -0.2) is 12.1 Å². The van der Waals surface area contributed by atoms with Gasteiger partial charge in [-0.2, -0.15) is 5.10 Å². The lowest BCUT2D eigenvalue weighted by Gasteiger charge is -2.03. The van der Waals surface area contributed by atoms with E-state index in [0.717, 1.165) is 21.2 Å². The van der Waals surface area contributed by atoms with Crippen LogP contribution >= 0.6 is 15.9 Å². The molecule has 0 aliphatic rings. The normalized spacial score (nSPS) is 10.7. The minimum Gasteiger partial charge on any atom is -0.267 e. The predicted molar refractivity (Wildman–Crippen MR) is 101 cm³/mol. The zero-order valence-corrected chi connectivity index (χ0v) is 14.4. The molecule has 0 fully saturated rings. The summed E-state index contributed by atoms with van der Waals surface area (Å²) in [6, 6.07) is 25.4. The van der Waals surface area contributed by atoms with E-state index in [2.05, 4.69) is 38.6 Å². The van der Waals surface area contributed by atoms with Crippen LogP contribution in [0.25, 0.3) is 11.1 Å². The monoisotopic (exact) mass is 378 g/mol. The van der Waals surface area contributed by atoms with Gasteiger partial charge in [-0.3, -0.25) is 4.79 Å². The average Bonchev–Trinajstić information content (AvgIpc) is 2.63. The van der Waals surface area contributed by atoms with Crippen molar-refractivity contribution >= 4 is 28.1 Å². The molecule has 0 unspecified atom stereocenters. The number of hydrazone groups is 1. The predicted octanol–water partition coefficient (Wildman–Crippen LogP) is 4.88. The van der Waals surface area contributed by atoms with E-state index in [1.165, 1.54) is 0 Å². The molecule has 3 aromatic carbocycles. The second-order valence-electron chi connectivity index (χ2n) is 5.17. The zero-order chi connectivity index (χ0) is 16.8. The standard InChI is InChI=1S/C20H15BrN2O/c21-19-12-5-4-11-18(19)20(24)23-22-14-15-7-6-10-17(13-15)16-8-2-1-3-9-16/h1-14H,(H,23,24)/b22-14+. The van der Waals surface area contributed by atoms with Crippen LogP contribution in [0.3, 0.4) is 0 Å². The van der Waals surface area contributed by atoms with Gasteiger partial charge in [0.1, 0.15) is 0 Å². The van der Waals surface area contributed by atoms with E-state index in [0.29, 0.717) is 5.56 Å². The Bertz CT molecular complexity index is 876. The van der Waals surface area contributed by atoms with Crippen LogP contribution in [0.15, 0.2) is 88.4 Å². The number of amides is 1. The second kappa shape index (κ2) is 7.70. The number of hydrogen-bond donors (Lipinski definition) is 1. The molecule has 3 aromatic rings. The van der Waals surface area contributed by atoms with E-state index in [-0.39, 0.29) is 5.91 Å². The maximum absolute atomic E-state index is 12.1. The maximum atomic E-state index is 12.1. The first-order valence-corrected chi connectivity index (χ1v) is 8.27. The van der Waals surface area contributed by atoms with E-state index in [1.54, 1.807) is 12.3 Å². The highest BCUT2D eigenvalue weighted by Gasteiger charge is 2.07. The molecule has 0 heterocycles. The fourth-order valence-electron chi connectivity index (χ4n) is 2.30. The van der Waals surface area contributed by atoms with Crippen molar-refractivity contribution in [3.8, 4) is 11.1 Å². The molecule has 0 spiro atoms. The number of hydrogen-bond acceptors (Lipinski definition) is 2. The largest absolute Gasteiger partial charge is 0.272 e. The third-order valence-corrected chi connectivity index (χ3v) is 4.18. The van der Waals surface area contributed by atoms with Gasteiger partial charge in [-0.25, -0.2) is 5.43 Å². The molecule has 0 saturated heterocycles. The van der Waals surface area contributed by atoms with Gasteiger partial charge in [0.15, 0.2) is 0 Å². The van der Waals surface area contributed by atoms with E-state index in [1.807, 2.05) is 60.7 Å². The Morgan fingerprint density at radius 2 is 1.58 bits per heavy atom. The van der Waals surface area contributed by atoms with Crippen molar-refractivity contribution in [3.63, 3.8) is 0 Å². The minimum atomic E-state index is -0.252. The Morgan fingerprint density at radius 1 is 0.875 bits per heavy atom. The molecule has 0 radical (unpaired) electrons. The molecule has 24 heavy (non-hydrogen) atoms. The quantitative estimate of drug-likeness (QED) is 0.510. The Labute approximate surface area is 149 Å². The van der Waals surface area contributed by atoms with E-state index in [9.17, 15) is 4.79 Å². The second-order valence-corrected chi connectivity index (χ2v) is 6.02. The molecule has 3 rings (SSSR count). The first-order valence-electron chi connectivity index (χ1n) is 7.47. The highest BCUT2D eigenvalue weighted by atomic mass is 79.9. The summed E-state index contributed by atoms with van der Waals surface area (Å²) in [5, 5.41) is 4.05. The van der Waals surface area contributed by atoms with Gasteiger partial charge in [0.25, 0.3) is 5.91 Å². The van der Waals surface area contributed by atoms with Gasteiger partial charge in [0.2, 0.25) is 0 Å². The number of halogens is 1. The summed E-state index contributed by atoms with van der Waals surface area (Å²) in [6.07, 6.45) is 1.64. The van der Waals surface area contributed by atoms with Gasteiger partial charge in [0.05, 0.1) is 11.8 Å². The lowest BCUT2D eigenvalue weighted by Crippen LogP contribution is -2.18. The summed E-state index contributed by atoms with van der Waals surface area (Å²) < 4.78 is 0.740. The van der Waals surface area contributed by atoms with Crippen LogP contribution < -0.4 is 5.43 Å². The van der Waals surface area contributed by atoms with Gasteiger partial charge in [-0.05, 0) is 50.8 Å². The summed E-state index contributed by atoms with van der Waals surface area (Å²) in [5.41, 5.74) is 6.27. The Hall–Kier alpha value is -2.72. The summed E-state index contributed by atoms with van der Waals surface area (Å²) in [5.74, 6) is -0.252. The van der Waals surface area contributed by atoms with Crippen molar-refractivity contribution in [2.24, 2.45) is 5.10 Å². The Balaban J connectivity index is 1.71. The first kappa shape index (κ1) is 16.1. The van der Waals surface area contributed by atoms with Crippen molar-refractivity contribution in [1.29, 1.82) is 0 Å². The summed E-state index contributed by atoms with van der Waals surface area (Å²) in [4.78, 5) is 12.1. The van der Waals surface area contributed by atoms with Gasteiger partial charge >= 0.3 is 0 Å². The zero-order valence-electron chi connectivity index (χ0n) is 12.8. The van der Waals surface area contributed by atoms with E-state index in [4.69, 9.17) is 0 Å². The van der Waals surface area contributed by atoms with Crippen molar-refractivity contribution in [3.05, 3.63) is 94.5 Å². The maximum Gasteiger partial charge on any atom is 0.272 e. The summed E-state index contributed by atoms with van der Waals surface area (Å²) in [7, 11) is 0. The molecular weight excluding hydrogens is 364 g/mol. The molecule has 0 atom stereocenters. The van der Waals surface area contributed by atoms with Gasteiger partial charge in [-0.1, -0.05) is 60.7 Å². The van der Waals surface area contributed by atoms with Gasteiger partial charge < -0.3 is 0 Å². The highest BCUT2D eigenvalue weighted by molar-refractivity contribution is 9.10. The molecule has 1 amide bonds. The van der Waals surface area contributed by atoms with Crippen molar-refractivity contribution in [2.75, 3.05) is 0 Å². The van der Waals surface area contributed by atoms with Crippen LogP contribution in [0.4, 0.5) is 0 Å². The average molecular weight is 379 g/mol. The molecule has 0 saturated carbocycles. The molecule has 4 heteroatoms. The number of nitrogens with one attached hydrogen (secondary N) is 1.